The van der Waals surface area contributed by atoms with E-state index >= 15 is 0 Å². The standard InChI is InChI=1S/C26H18N4O2S/c27-14-18(25(31)29-26-21(15-28)19-8-4-5-9-23(19)33-26)12-16-10-11-22-20(13-16)24(32-30-22)17-6-2-1-3-7-17/h1-3,6-7,10-13H,4-5,8-9H2,(H,29,31). The summed E-state index contributed by atoms with van der Waals surface area (Å²) in [6.45, 7) is 0. The fourth-order valence-corrected chi connectivity index (χ4v) is 5.34. The lowest BCUT2D eigenvalue weighted by Crippen LogP contribution is -2.13. The molecule has 160 valence electrons. The Morgan fingerprint density at radius 2 is 1.94 bits per heavy atom. The molecule has 0 saturated carbocycles. The predicted molar refractivity (Wildman–Crippen MR) is 127 cm³/mol. The van der Waals surface area contributed by atoms with Crippen LogP contribution in [0.2, 0.25) is 0 Å². The Balaban J connectivity index is 1.46. The maximum absolute atomic E-state index is 12.9. The van der Waals surface area contributed by atoms with Crippen LogP contribution in [0.5, 0.6) is 0 Å². The Morgan fingerprint density at radius 1 is 1.12 bits per heavy atom. The van der Waals surface area contributed by atoms with Gasteiger partial charge >= 0.3 is 0 Å². The number of amides is 1. The van der Waals surface area contributed by atoms with E-state index in [2.05, 4.69) is 16.5 Å². The number of carbonyl (C=O) groups is 1. The zero-order valence-corrected chi connectivity index (χ0v) is 18.4. The smallest absolute Gasteiger partial charge is 0.266 e. The summed E-state index contributed by atoms with van der Waals surface area (Å²) in [4.78, 5) is 14.1. The molecule has 0 fully saturated rings. The third-order valence-corrected chi connectivity index (χ3v) is 6.93. The number of anilines is 1. The monoisotopic (exact) mass is 450 g/mol. The molecule has 0 spiro atoms. The van der Waals surface area contributed by atoms with Crippen molar-refractivity contribution in [1.82, 2.24) is 5.16 Å². The Hall–Kier alpha value is -4.20. The van der Waals surface area contributed by atoms with Crippen molar-refractivity contribution in [3.63, 3.8) is 0 Å². The summed E-state index contributed by atoms with van der Waals surface area (Å²) in [6.07, 6.45) is 5.45. The minimum absolute atomic E-state index is 0.0395. The van der Waals surface area contributed by atoms with Gasteiger partial charge in [0.1, 0.15) is 28.2 Å². The third kappa shape index (κ3) is 3.91. The molecule has 1 amide bonds. The van der Waals surface area contributed by atoms with Gasteiger partial charge in [0.05, 0.1) is 10.9 Å². The number of hydrogen-bond acceptors (Lipinski definition) is 6. The Labute approximate surface area is 194 Å². The molecular formula is C26H18N4O2S. The summed E-state index contributed by atoms with van der Waals surface area (Å²) in [5.74, 6) is 0.105. The molecule has 6 nitrogen and oxygen atoms in total. The van der Waals surface area contributed by atoms with E-state index in [-0.39, 0.29) is 5.57 Å². The minimum Gasteiger partial charge on any atom is -0.355 e. The van der Waals surface area contributed by atoms with Crippen LogP contribution in [0.25, 0.3) is 28.3 Å². The summed E-state index contributed by atoms with van der Waals surface area (Å²) in [5.41, 5.74) is 3.79. The first-order valence-corrected chi connectivity index (χ1v) is 11.4. The molecule has 0 saturated heterocycles. The number of carbonyl (C=O) groups excluding carboxylic acids is 1. The van der Waals surface area contributed by atoms with Gasteiger partial charge in [-0.2, -0.15) is 10.5 Å². The maximum Gasteiger partial charge on any atom is 0.266 e. The van der Waals surface area contributed by atoms with Gasteiger partial charge in [0.25, 0.3) is 5.91 Å². The van der Waals surface area contributed by atoms with Crippen molar-refractivity contribution in [2.24, 2.45) is 0 Å². The molecule has 0 radical (unpaired) electrons. The van der Waals surface area contributed by atoms with Crippen LogP contribution in [0.15, 0.2) is 58.6 Å². The van der Waals surface area contributed by atoms with Gasteiger partial charge in [0, 0.05) is 10.4 Å². The van der Waals surface area contributed by atoms with Gasteiger partial charge in [-0.25, -0.2) is 0 Å². The van der Waals surface area contributed by atoms with E-state index in [0.29, 0.717) is 27.4 Å². The molecule has 1 N–H and O–H groups in total. The van der Waals surface area contributed by atoms with Crippen LogP contribution >= 0.6 is 11.3 Å². The van der Waals surface area contributed by atoms with Gasteiger partial charge in [0.2, 0.25) is 0 Å². The first-order chi connectivity index (χ1) is 16.2. The van der Waals surface area contributed by atoms with Crippen molar-refractivity contribution in [1.29, 1.82) is 10.5 Å². The lowest BCUT2D eigenvalue weighted by atomic mass is 9.96. The molecule has 0 unspecified atom stereocenters. The summed E-state index contributed by atoms with van der Waals surface area (Å²) >= 11 is 1.44. The molecule has 5 rings (SSSR count). The first-order valence-electron chi connectivity index (χ1n) is 10.6. The van der Waals surface area contributed by atoms with Crippen molar-refractivity contribution >= 4 is 39.2 Å². The molecule has 1 aliphatic rings. The van der Waals surface area contributed by atoms with E-state index in [1.54, 1.807) is 12.1 Å². The molecule has 2 aromatic carbocycles. The van der Waals surface area contributed by atoms with Crippen LogP contribution in [0.4, 0.5) is 5.00 Å². The van der Waals surface area contributed by atoms with E-state index in [9.17, 15) is 15.3 Å². The highest BCUT2D eigenvalue weighted by Gasteiger charge is 2.22. The van der Waals surface area contributed by atoms with Gasteiger partial charge in [-0.05, 0) is 55.0 Å². The van der Waals surface area contributed by atoms with E-state index in [1.807, 2.05) is 42.5 Å². The van der Waals surface area contributed by atoms with E-state index in [4.69, 9.17) is 4.52 Å². The average Bonchev–Trinajstić information content (AvgIpc) is 3.43. The van der Waals surface area contributed by atoms with Gasteiger partial charge in [-0.3, -0.25) is 4.79 Å². The van der Waals surface area contributed by atoms with Crippen molar-refractivity contribution < 1.29 is 9.32 Å². The second-order valence-electron chi connectivity index (χ2n) is 7.81. The van der Waals surface area contributed by atoms with Crippen LogP contribution in [0.1, 0.15) is 34.4 Å². The molecular weight excluding hydrogens is 432 g/mol. The highest BCUT2D eigenvalue weighted by molar-refractivity contribution is 7.16. The minimum atomic E-state index is -0.527. The van der Waals surface area contributed by atoms with Gasteiger partial charge in [-0.15, -0.1) is 11.3 Å². The SMILES string of the molecule is N#CC(=Cc1ccc2noc(-c3ccccc3)c2c1)C(=O)Nc1sc2c(c1C#N)CCCC2. The topological polar surface area (TPSA) is 103 Å². The fraction of sp³-hybridized carbons (Fsp3) is 0.154. The lowest BCUT2D eigenvalue weighted by Gasteiger charge is -2.09. The number of nitriles is 2. The molecule has 4 aromatic rings. The summed E-state index contributed by atoms with van der Waals surface area (Å²) < 4.78 is 5.54. The number of aromatic nitrogens is 1. The molecule has 1 aliphatic carbocycles. The van der Waals surface area contributed by atoms with E-state index < -0.39 is 5.91 Å². The molecule has 0 aliphatic heterocycles. The highest BCUT2D eigenvalue weighted by atomic mass is 32.1. The predicted octanol–water partition coefficient (Wildman–Crippen LogP) is 5.85. The van der Waals surface area contributed by atoms with E-state index in [1.165, 1.54) is 17.4 Å². The zero-order valence-electron chi connectivity index (χ0n) is 17.6. The van der Waals surface area contributed by atoms with Crippen molar-refractivity contribution in [2.45, 2.75) is 25.7 Å². The molecule has 7 heteroatoms. The number of nitrogens with one attached hydrogen (secondary N) is 1. The molecule has 2 heterocycles. The second-order valence-corrected chi connectivity index (χ2v) is 8.91. The Morgan fingerprint density at radius 3 is 2.73 bits per heavy atom. The van der Waals surface area contributed by atoms with Crippen molar-refractivity contribution in [2.75, 3.05) is 5.32 Å². The van der Waals surface area contributed by atoms with Crippen LogP contribution in [0, 0.1) is 22.7 Å². The average molecular weight is 451 g/mol. The van der Waals surface area contributed by atoms with Gasteiger partial charge in [0.15, 0.2) is 5.76 Å². The number of benzene rings is 2. The Bertz CT molecular complexity index is 1480. The summed E-state index contributed by atoms with van der Waals surface area (Å²) in [7, 11) is 0. The fourth-order valence-electron chi connectivity index (χ4n) is 4.10. The number of aryl methyl sites for hydroxylation is 1. The van der Waals surface area contributed by atoms with Crippen LogP contribution in [-0.2, 0) is 17.6 Å². The quantitative estimate of drug-likeness (QED) is 0.310. The summed E-state index contributed by atoms with van der Waals surface area (Å²) in [6, 6.07) is 19.3. The number of fused-ring (bicyclic) bond motifs is 2. The first kappa shape index (κ1) is 20.7. The third-order valence-electron chi connectivity index (χ3n) is 5.72. The van der Waals surface area contributed by atoms with Crippen LogP contribution < -0.4 is 5.32 Å². The molecule has 2 aromatic heterocycles. The van der Waals surface area contributed by atoms with Gasteiger partial charge in [-0.1, -0.05) is 41.6 Å². The summed E-state index contributed by atoms with van der Waals surface area (Å²) in [5, 5.41) is 27.5. The maximum atomic E-state index is 12.9. The van der Waals surface area contributed by atoms with Crippen LogP contribution in [-0.4, -0.2) is 11.1 Å². The van der Waals surface area contributed by atoms with Crippen molar-refractivity contribution in [3.8, 4) is 23.5 Å². The number of rotatable bonds is 4. The van der Waals surface area contributed by atoms with Gasteiger partial charge < -0.3 is 9.84 Å². The van der Waals surface area contributed by atoms with Crippen molar-refractivity contribution in [3.05, 3.63) is 75.7 Å². The number of thiophene rings is 1. The normalized spacial score (nSPS) is 13.2. The highest BCUT2D eigenvalue weighted by Crippen LogP contribution is 2.38. The largest absolute Gasteiger partial charge is 0.355 e. The molecule has 0 bridgehead atoms. The molecule has 0 atom stereocenters. The lowest BCUT2D eigenvalue weighted by molar-refractivity contribution is -0.112. The number of hydrogen-bond donors (Lipinski definition) is 1. The van der Waals surface area contributed by atoms with E-state index in [0.717, 1.165) is 47.1 Å². The van der Waals surface area contributed by atoms with Crippen LogP contribution in [0.3, 0.4) is 0 Å². The Kier molecular flexibility index (Phi) is 5.48. The zero-order chi connectivity index (χ0) is 22.8. The second kappa shape index (κ2) is 8.74. The molecule has 33 heavy (non-hydrogen) atoms. The number of nitrogens with zero attached hydrogens (tertiary/aromatic N) is 3.